The predicted octanol–water partition coefficient (Wildman–Crippen LogP) is 1.39. The summed E-state index contributed by atoms with van der Waals surface area (Å²) in [6.45, 7) is 0. The molecule has 94 valence electrons. The Morgan fingerprint density at radius 2 is 1.82 bits per heavy atom. The van der Waals surface area contributed by atoms with Crippen LogP contribution in [0.15, 0.2) is 23.1 Å². The maximum absolute atomic E-state index is 12.4. The highest BCUT2D eigenvalue weighted by Crippen LogP contribution is 2.33. The van der Waals surface area contributed by atoms with Crippen LogP contribution >= 0.6 is 0 Å². The standard InChI is InChI=1S/C8H5F3N2O2S.H3N/c9-8(10,11)6-2-1-3-7(5(6)4-12)16(13,14)15;/h1-3H,(H2,13,14,15);1H3. The fourth-order valence-electron chi connectivity index (χ4n) is 1.12. The predicted molar refractivity (Wildman–Crippen MR) is 52.6 cm³/mol. The van der Waals surface area contributed by atoms with E-state index in [9.17, 15) is 21.6 Å². The Balaban J connectivity index is 0.00000256. The van der Waals surface area contributed by atoms with Gasteiger partial charge in [-0.2, -0.15) is 18.4 Å². The molecule has 0 aromatic heterocycles. The van der Waals surface area contributed by atoms with Crippen molar-refractivity contribution in [3.63, 3.8) is 0 Å². The second kappa shape index (κ2) is 4.70. The molecule has 0 bridgehead atoms. The molecule has 1 rings (SSSR count). The number of sulfonamides is 1. The molecule has 1 aromatic carbocycles. The molecule has 1 aromatic rings. The van der Waals surface area contributed by atoms with E-state index in [-0.39, 0.29) is 6.15 Å². The lowest BCUT2D eigenvalue weighted by atomic mass is 10.1. The van der Waals surface area contributed by atoms with Gasteiger partial charge in [-0.05, 0) is 12.1 Å². The molecule has 0 unspecified atom stereocenters. The third kappa shape index (κ3) is 3.16. The number of hydrogen-bond donors (Lipinski definition) is 2. The Morgan fingerprint density at radius 3 is 2.18 bits per heavy atom. The van der Waals surface area contributed by atoms with Crippen LogP contribution in [0.25, 0.3) is 0 Å². The highest BCUT2D eigenvalue weighted by atomic mass is 32.2. The van der Waals surface area contributed by atoms with E-state index in [2.05, 4.69) is 0 Å². The van der Waals surface area contributed by atoms with Gasteiger partial charge < -0.3 is 6.15 Å². The zero-order valence-electron chi connectivity index (χ0n) is 8.32. The van der Waals surface area contributed by atoms with Crippen molar-refractivity contribution in [1.29, 1.82) is 5.26 Å². The lowest BCUT2D eigenvalue weighted by molar-refractivity contribution is -0.137. The Kier molecular flexibility index (Phi) is 4.25. The first-order chi connectivity index (χ1) is 7.18. The lowest BCUT2D eigenvalue weighted by Gasteiger charge is -2.10. The lowest BCUT2D eigenvalue weighted by Crippen LogP contribution is -2.17. The summed E-state index contributed by atoms with van der Waals surface area (Å²) >= 11 is 0. The highest BCUT2D eigenvalue weighted by molar-refractivity contribution is 7.89. The third-order valence-corrected chi connectivity index (χ3v) is 2.70. The van der Waals surface area contributed by atoms with E-state index in [0.717, 1.165) is 12.1 Å². The zero-order chi connectivity index (χ0) is 12.6. The summed E-state index contributed by atoms with van der Waals surface area (Å²) in [5, 5.41) is 13.3. The molecule has 0 radical (unpaired) electrons. The minimum Gasteiger partial charge on any atom is -0.344 e. The Labute approximate surface area is 95.3 Å². The van der Waals surface area contributed by atoms with Crippen LogP contribution in [0, 0.1) is 11.3 Å². The van der Waals surface area contributed by atoms with Crippen LogP contribution in [0.1, 0.15) is 11.1 Å². The molecule has 0 aliphatic heterocycles. The molecule has 0 heterocycles. The summed E-state index contributed by atoms with van der Waals surface area (Å²) in [4.78, 5) is -0.829. The van der Waals surface area contributed by atoms with Crippen molar-refractivity contribution >= 4 is 10.0 Å². The maximum Gasteiger partial charge on any atom is 0.417 e. The number of hydrogen-bond acceptors (Lipinski definition) is 4. The molecule has 9 heteroatoms. The second-order valence-electron chi connectivity index (χ2n) is 2.83. The highest BCUT2D eigenvalue weighted by Gasteiger charge is 2.35. The quantitative estimate of drug-likeness (QED) is 0.798. The Bertz CT molecular complexity index is 560. The van der Waals surface area contributed by atoms with Crippen LogP contribution in [0.5, 0.6) is 0 Å². The summed E-state index contributed by atoms with van der Waals surface area (Å²) in [6.07, 6.45) is -4.80. The first-order valence-electron chi connectivity index (χ1n) is 3.81. The van der Waals surface area contributed by atoms with E-state index >= 15 is 0 Å². The fourth-order valence-corrected chi connectivity index (χ4v) is 1.83. The Hall–Kier alpha value is -1.63. The Morgan fingerprint density at radius 1 is 1.29 bits per heavy atom. The van der Waals surface area contributed by atoms with Crippen molar-refractivity contribution < 1.29 is 21.6 Å². The molecule has 5 N–H and O–H groups in total. The van der Waals surface area contributed by atoms with E-state index in [1.54, 1.807) is 0 Å². The monoisotopic (exact) mass is 267 g/mol. The van der Waals surface area contributed by atoms with E-state index in [1.807, 2.05) is 0 Å². The number of nitrogens with two attached hydrogens (primary N) is 1. The topological polar surface area (TPSA) is 119 Å². The van der Waals surface area contributed by atoms with Gasteiger partial charge in [-0.25, -0.2) is 13.6 Å². The number of halogens is 3. The minimum absolute atomic E-state index is 0. The van der Waals surface area contributed by atoms with Crippen molar-refractivity contribution in [1.82, 2.24) is 6.15 Å². The average Bonchev–Trinajstić information content (AvgIpc) is 2.13. The van der Waals surface area contributed by atoms with Gasteiger partial charge in [0, 0.05) is 0 Å². The number of nitriles is 1. The van der Waals surface area contributed by atoms with Gasteiger partial charge in [0.1, 0.15) is 11.0 Å². The molecular weight excluding hydrogens is 259 g/mol. The van der Waals surface area contributed by atoms with Gasteiger partial charge in [-0.1, -0.05) is 6.07 Å². The fraction of sp³-hybridized carbons (Fsp3) is 0.125. The van der Waals surface area contributed by atoms with Crippen LogP contribution in [-0.4, -0.2) is 8.42 Å². The molecule has 0 amide bonds. The van der Waals surface area contributed by atoms with Gasteiger partial charge in [0.25, 0.3) is 0 Å². The molecular formula is C8H8F3N3O2S. The maximum atomic E-state index is 12.4. The SMILES string of the molecule is N.N#Cc1c(C(F)(F)F)cccc1S(N)(=O)=O. The molecule has 0 atom stereocenters. The van der Waals surface area contributed by atoms with Crippen molar-refractivity contribution in [2.75, 3.05) is 0 Å². The van der Waals surface area contributed by atoms with Crippen molar-refractivity contribution in [3.8, 4) is 6.07 Å². The molecule has 17 heavy (non-hydrogen) atoms. The number of rotatable bonds is 1. The summed E-state index contributed by atoms with van der Waals surface area (Å²) < 4.78 is 59.2. The molecule has 0 aliphatic rings. The number of benzene rings is 1. The van der Waals surface area contributed by atoms with Crippen LogP contribution in [0.3, 0.4) is 0 Å². The van der Waals surface area contributed by atoms with Gasteiger partial charge in [0.15, 0.2) is 0 Å². The van der Waals surface area contributed by atoms with Crippen LogP contribution in [0.2, 0.25) is 0 Å². The molecule has 5 nitrogen and oxygen atoms in total. The molecule has 0 fully saturated rings. The van der Waals surface area contributed by atoms with Gasteiger partial charge in [-0.3, -0.25) is 0 Å². The van der Waals surface area contributed by atoms with Crippen LogP contribution in [-0.2, 0) is 16.2 Å². The second-order valence-corrected chi connectivity index (χ2v) is 4.36. The summed E-state index contributed by atoms with van der Waals surface area (Å²) in [7, 11) is -4.35. The molecule has 0 saturated carbocycles. The summed E-state index contributed by atoms with van der Waals surface area (Å²) in [5.41, 5.74) is -2.31. The van der Waals surface area contributed by atoms with E-state index in [4.69, 9.17) is 10.4 Å². The van der Waals surface area contributed by atoms with Gasteiger partial charge in [0.2, 0.25) is 10.0 Å². The molecule has 0 saturated heterocycles. The van der Waals surface area contributed by atoms with Crippen molar-refractivity contribution in [3.05, 3.63) is 29.3 Å². The number of nitrogens with zero attached hydrogens (tertiary/aromatic N) is 1. The van der Waals surface area contributed by atoms with Gasteiger partial charge in [-0.15, -0.1) is 0 Å². The van der Waals surface area contributed by atoms with Crippen LogP contribution < -0.4 is 11.3 Å². The van der Waals surface area contributed by atoms with Gasteiger partial charge >= 0.3 is 6.18 Å². The summed E-state index contributed by atoms with van der Waals surface area (Å²) in [5.74, 6) is 0. The third-order valence-electron chi connectivity index (χ3n) is 1.75. The smallest absolute Gasteiger partial charge is 0.344 e. The average molecular weight is 267 g/mol. The van der Waals surface area contributed by atoms with E-state index in [0.29, 0.717) is 6.07 Å². The molecule has 0 spiro atoms. The first-order valence-corrected chi connectivity index (χ1v) is 5.35. The first kappa shape index (κ1) is 15.4. The summed E-state index contributed by atoms with van der Waals surface area (Å²) in [6, 6.07) is 3.55. The van der Waals surface area contributed by atoms with Crippen molar-refractivity contribution in [2.45, 2.75) is 11.1 Å². The van der Waals surface area contributed by atoms with E-state index < -0.39 is 32.2 Å². The largest absolute Gasteiger partial charge is 0.417 e. The number of primary sulfonamides is 1. The normalized spacial score (nSPS) is 11.5. The zero-order valence-corrected chi connectivity index (χ0v) is 9.14. The number of alkyl halides is 3. The van der Waals surface area contributed by atoms with E-state index in [1.165, 1.54) is 6.07 Å². The minimum atomic E-state index is -4.80. The molecule has 0 aliphatic carbocycles. The van der Waals surface area contributed by atoms with Gasteiger partial charge in [0.05, 0.1) is 11.1 Å². The van der Waals surface area contributed by atoms with Crippen LogP contribution in [0.4, 0.5) is 13.2 Å². The van der Waals surface area contributed by atoms with Crippen molar-refractivity contribution in [2.24, 2.45) is 5.14 Å².